The molecule has 6 nitrogen and oxygen atoms in total. The van der Waals surface area contributed by atoms with Gasteiger partial charge < -0.3 is 25.7 Å². The molecule has 1 aliphatic heterocycles. The van der Waals surface area contributed by atoms with Crippen LogP contribution in [-0.4, -0.2) is 46.2 Å². The third kappa shape index (κ3) is 3.81. The van der Waals surface area contributed by atoms with Crippen LogP contribution in [-0.2, 0) is 4.74 Å². The molecule has 1 heterocycles. The predicted octanol–water partition coefficient (Wildman–Crippen LogP) is 0.436. The number of aliphatic hydroxyl groups excluding tert-OH is 2. The van der Waals surface area contributed by atoms with Crippen molar-refractivity contribution in [3.05, 3.63) is 41.3 Å². The third-order valence-electron chi connectivity index (χ3n) is 3.92. The lowest BCUT2D eigenvalue weighted by Gasteiger charge is -2.41. The molecule has 1 fully saturated rings. The van der Waals surface area contributed by atoms with Gasteiger partial charge in [-0.05, 0) is 25.5 Å². The third-order valence-corrected chi connectivity index (χ3v) is 3.92. The Bertz CT molecular complexity index is 606. The molecule has 1 aromatic carbocycles. The Morgan fingerprint density at radius 3 is 2.50 bits per heavy atom. The summed E-state index contributed by atoms with van der Waals surface area (Å²) in [7, 11) is 0. The van der Waals surface area contributed by atoms with Crippen LogP contribution in [0.1, 0.15) is 18.9 Å². The Hall–Kier alpha value is -1.81. The standard InChI is InChI=1S/C15H20F3N3O3/c1-7-2-12(15(23)13(6-22)24-7)21(20)5-11(19)8-3-9(16)14(18)10(17)4-8/h3-5,7,12-13,15,22-23H,2,6,19-20H2,1H3/b11-5-. The number of nitrogens with two attached hydrogens (primary N) is 2. The molecule has 2 rings (SSSR count). The van der Waals surface area contributed by atoms with Gasteiger partial charge in [0.2, 0.25) is 0 Å². The fraction of sp³-hybridized carbons (Fsp3) is 0.467. The summed E-state index contributed by atoms with van der Waals surface area (Å²) in [6.07, 6.45) is -0.615. The first-order valence-electron chi connectivity index (χ1n) is 7.34. The van der Waals surface area contributed by atoms with Crippen LogP contribution in [0.4, 0.5) is 13.2 Å². The Labute approximate surface area is 137 Å². The van der Waals surface area contributed by atoms with Gasteiger partial charge in [-0.2, -0.15) is 0 Å². The van der Waals surface area contributed by atoms with Crippen LogP contribution in [0.25, 0.3) is 5.70 Å². The molecule has 6 N–H and O–H groups in total. The van der Waals surface area contributed by atoms with Gasteiger partial charge in [0.05, 0.1) is 24.4 Å². The topological polar surface area (TPSA) is 105 Å². The minimum Gasteiger partial charge on any atom is -0.397 e. The number of hydrogen-bond acceptors (Lipinski definition) is 6. The van der Waals surface area contributed by atoms with Crippen LogP contribution in [0, 0.1) is 17.5 Å². The quantitative estimate of drug-likeness (QED) is 0.358. The zero-order valence-corrected chi connectivity index (χ0v) is 13.0. The van der Waals surface area contributed by atoms with Crippen LogP contribution >= 0.6 is 0 Å². The Balaban J connectivity index is 2.23. The van der Waals surface area contributed by atoms with Gasteiger partial charge in [-0.15, -0.1) is 0 Å². The van der Waals surface area contributed by atoms with Gasteiger partial charge in [0.15, 0.2) is 17.5 Å². The van der Waals surface area contributed by atoms with Crippen molar-refractivity contribution in [2.24, 2.45) is 11.6 Å². The molecule has 1 saturated heterocycles. The molecule has 0 amide bonds. The number of rotatable bonds is 4. The fourth-order valence-electron chi connectivity index (χ4n) is 2.66. The van der Waals surface area contributed by atoms with E-state index in [1.54, 1.807) is 6.92 Å². The minimum absolute atomic E-state index is 0.0878. The number of benzene rings is 1. The highest BCUT2D eigenvalue weighted by atomic mass is 19.2. The second kappa shape index (κ2) is 7.39. The largest absolute Gasteiger partial charge is 0.397 e. The average molecular weight is 347 g/mol. The van der Waals surface area contributed by atoms with Crippen molar-refractivity contribution >= 4 is 5.70 Å². The number of hydrazine groups is 1. The summed E-state index contributed by atoms with van der Waals surface area (Å²) >= 11 is 0. The maximum atomic E-state index is 13.3. The normalized spacial score (nSPS) is 28.0. The molecule has 1 aromatic rings. The predicted molar refractivity (Wildman–Crippen MR) is 80.3 cm³/mol. The molecule has 9 heteroatoms. The Morgan fingerprint density at radius 1 is 1.38 bits per heavy atom. The second-order valence-electron chi connectivity index (χ2n) is 5.75. The molecule has 0 saturated carbocycles. The lowest BCUT2D eigenvalue weighted by Crippen LogP contribution is -2.56. The molecule has 4 unspecified atom stereocenters. The maximum Gasteiger partial charge on any atom is 0.194 e. The van der Waals surface area contributed by atoms with E-state index in [-0.39, 0.29) is 24.0 Å². The van der Waals surface area contributed by atoms with E-state index in [9.17, 15) is 23.4 Å². The molecule has 0 radical (unpaired) electrons. The van der Waals surface area contributed by atoms with Crippen molar-refractivity contribution in [1.82, 2.24) is 5.01 Å². The van der Waals surface area contributed by atoms with Crippen LogP contribution < -0.4 is 11.6 Å². The van der Waals surface area contributed by atoms with Gasteiger partial charge in [-0.25, -0.2) is 19.0 Å². The zero-order chi connectivity index (χ0) is 18.0. The average Bonchev–Trinajstić information content (AvgIpc) is 2.53. The van der Waals surface area contributed by atoms with Gasteiger partial charge in [-0.3, -0.25) is 0 Å². The lowest BCUT2D eigenvalue weighted by molar-refractivity contribution is -0.155. The van der Waals surface area contributed by atoms with Crippen molar-refractivity contribution in [3.8, 4) is 0 Å². The van der Waals surface area contributed by atoms with Crippen molar-refractivity contribution in [2.75, 3.05) is 6.61 Å². The zero-order valence-electron chi connectivity index (χ0n) is 13.0. The van der Waals surface area contributed by atoms with Gasteiger partial charge in [0.25, 0.3) is 0 Å². The van der Waals surface area contributed by atoms with E-state index in [0.717, 1.165) is 17.1 Å². The summed E-state index contributed by atoms with van der Waals surface area (Å²) in [6, 6.07) is 0.870. The monoisotopic (exact) mass is 347 g/mol. The van der Waals surface area contributed by atoms with Crippen molar-refractivity contribution < 1.29 is 28.1 Å². The summed E-state index contributed by atoms with van der Waals surface area (Å²) in [5.41, 5.74) is 5.56. The maximum absolute atomic E-state index is 13.3. The van der Waals surface area contributed by atoms with E-state index < -0.39 is 35.7 Å². The van der Waals surface area contributed by atoms with Crippen molar-refractivity contribution in [3.63, 3.8) is 0 Å². The summed E-state index contributed by atoms with van der Waals surface area (Å²) in [6.45, 7) is 1.37. The molecule has 1 aliphatic rings. The number of halogens is 3. The molecule has 4 atom stereocenters. The van der Waals surface area contributed by atoms with E-state index in [0.29, 0.717) is 6.42 Å². The number of nitrogens with zero attached hydrogens (tertiary/aromatic N) is 1. The van der Waals surface area contributed by atoms with Gasteiger partial charge in [-0.1, -0.05) is 0 Å². The molecule has 134 valence electrons. The molecule has 0 aliphatic carbocycles. The highest BCUT2D eigenvalue weighted by molar-refractivity contribution is 5.62. The molecule has 0 aromatic heterocycles. The smallest absolute Gasteiger partial charge is 0.194 e. The number of hydrogen-bond donors (Lipinski definition) is 4. The molecule has 24 heavy (non-hydrogen) atoms. The van der Waals surface area contributed by atoms with E-state index in [2.05, 4.69) is 0 Å². The number of aliphatic hydroxyl groups is 2. The summed E-state index contributed by atoms with van der Waals surface area (Å²) in [5.74, 6) is 1.55. The second-order valence-corrected chi connectivity index (χ2v) is 5.75. The highest BCUT2D eigenvalue weighted by Gasteiger charge is 2.37. The Kier molecular flexibility index (Phi) is 5.70. The SMILES string of the molecule is CC1CC(N(N)/C=C(\N)c2cc(F)c(F)c(F)c2)C(O)C(CO)O1. The first-order valence-corrected chi connectivity index (χ1v) is 7.34. The van der Waals surface area contributed by atoms with E-state index >= 15 is 0 Å². The van der Waals surface area contributed by atoms with Crippen molar-refractivity contribution in [1.29, 1.82) is 0 Å². The minimum atomic E-state index is -1.59. The van der Waals surface area contributed by atoms with Crippen LogP contribution in [0.3, 0.4) is 0 Å². The first kappa shape index (κ1) is 18.5. The molecule has 0 spiro atoms. The molecular formula is C15H20F3N3O3. The van der Waals surface area contributed by atoms with Crippen LogP contribution in [0.5, 0.6) is 0 Å². The van der Waals surface area contributed by atoms with Crippen molar-refractivity contribution in [2.45, 2.75) is 37.7 Å². The highest BCUT2D eigenvalue weighted by Crippen LogP contribution is 2.24. The van der Waals surface area contributed by atoms with Gasteiger partial charge >= 0.3 is 0 Å². The first-order chi connectivity index (χ1) is 11.2. The van der Waals surface area contributed by atoms with E-state index in [1.165, 1.54) is 6.20 Å². The molecular weight excluding hydrogens is 327 g/mol. The summed E-state index contributed by atoms with van der Waals surface area (Å²) < 4.78 is 44.9. The lowest BCUT2D eigenvalue weighted by atomic mass is 9.95. The van der Waals surface area contributed by atoms with E-state index in [1.807, 2.05) is 0 Å². The van der Waals surface area contributed by atoms with Crippen LogP contribution in [0.15, 0.2) is 18.3 Å². The van der Waals surface area contributed by atoms with E-state index in [4.69, 9.17) is 16.3 Å². The summed E-state index contributed by atoms with van der Waals surface area (Å²) in [5, 5.41) is 20.5. The fourth-order valence-corrected chi connectivity index (χ4v) is 2.66. The summed E-state index contributed by atoms with van der Waals surface area (Å²) in [4.78, 5) is 0. The number of ether oxygens (including phenoxy) is 1. The van der Waals surface area contributed by atoms with Crippen LogP contribution in [0.2, 0.25) is 0 Å². The Morgan fingerprint density at radius 2 is 1.96 bits per heavy atom. The molecule has 0 bridgehead atoms. The van der Waals surface area contributed by atoms with Gasteiger partial charge in [0, 0.05) is 11.8 Å². The van der Waals surface area contributed by atoms with Gasteiger partial charge in [0.1, 0.15) is 12.2 Å².